The van der Waals surface area contributed by atoms with Gasteiger partial charge in [0.05, 0.1) is 35.5 Å². The molecule has 0 heterocycles. The van der Waals surface area contributed by atoms with E-state index >= 15 is 0 Å². The van der Waals surface area contributed by atoms with Crippen LogP contribution in [0.1, 0.15) is 21.5 Å². The third-order valence-electron chi connectivity index (χ3n) is 5.19. The van der Waals surface area contributed by atoms with E-state index in [-0.39, 0.29) is 5.78 Å². The Morgan fingerprint density at radius 2 is 1.34 bits per heavy atom. The second-order valence-electron chi connectivity index (χ2n) is 7.33. The molecule has 182 valence electrons. The number of hydrogen-bond donors (Lipinski definition) is 1. The summed E-state index contributed by atoms with van der Waals surface area (Å²) in [5, 5.41) is 3.14. The first-order valence-corrected chi connectivity index (χ1v) is 10.8. The summed E-state index contributed by atoms with van der Waals surface area (Å²) < 4.78 is 26.7. The maximum absolute atomic E-state index is 12.5. The summed E-state index contributed by atoms with van der Waals surface area (Å²) in [6, 6.07) is 16.6. The fourth-order valence-electron chi connectivity index (χ4n) is 3.42. The van der Waals surface area contributed by atoms with Crippen molar-refractivity contribution in [1.29, 1.82) is 0 Å². The Labute approximate surface area is 205 Å². The first-order chi connectivity index (χ1) is 17.0. The third-order valence-corrected chi connectivity index (χ3v) is 5.19. The van der Waals surface area contributed by atoms with Gasteiger partial charge in [0.2, 0.25) is 5.75 Å². The molecular weight excluding hydrogens is 446 g/mol. The summed E-state index contributed by atoms with van der Waals surface area (Å²) in [6.07, 6.45) is 7.02. The van der Waals surface area contributed by atoms with Gasteiger partial charge in [0.15, 0.2) is 28.8 Å². The van der Waals surface area contributed by atoms with Crippen molar-refractivity contribution < 1.29 is 28.5 Å². The second-order valence-corrected chi connectivity index (χ2v) is 7.33. The Bertz CT molecular complexity index is 1210. The van der Waals surface area contributed by atoms with Gasteiger partial charge in [-0.15, -0.1) is 0 Å². The summed E-state index contributed by atoms with van der Waals surface area (Å²) >= 11 is 0. The molecule has 0 bridgehead atoms. The van der Waals surface area contributed by atoms with Crippen LogP contribution in [0.3, 0.4) is 0 Å². The summed E-state index contributed by atoms with van der Waals surface area (Å²) in [6.45, 7) is 0. The van der Waals surface area contributed by atoms with Crippen molar-refractivity contribution in [2.24, 2.45) is 0 Å². The van der Waals surface area contributed by atoms with Crippen molar-refractivity contribution in [2.45, 2.75) is 0 Å². The smallest absolute Gasteiger partial charge is 0.203 e. The molecular formula is C28H29NO6. The molecule has 3 rings (SSSR count). The number of anilines is 1. The number of rotatable bonds is 11. The van der Waals surface area contributed by atoms with Gasteiger partial charge in [0, 0.05) is 23.5 Å². The molecule has 3 aromatic carbocycles. The van der Waals surface area contributed by atoms with E-state index in [2.05, 4.69) is 5.32 Å². The molecule has 0 aliphatic heterocycles. The largest absolute Gasteiger partial charge is 0.493 e. The summed E-state index contributed by atoms with van der Waals surface area (Å²) in [4.78, 5) is 12.5. The van der Waals surface area contributed by atoms with E-state index in [0.717, 1.165) is 16.8 Å². The van der Waals surface area contributed by atoms with Crippen molar-refractivity contribution >= 4 is 23.6 Å². The van der Waals surface area contributed by atoms with Crippen LogP contribution >= 0.6 is 0 Å². The Balaban J connectivity index is 1.70. The Morgan fingerprint density at radius 3 is 1.97 bits per heavy atom. The van der Waals surface area contributed by atoms with Gasteiger partial charge < -0.3 is 29.0 Å². The van der Waals surface area contributed by atoms with Gasteiger partial charge in [-0.1, -0.05) is 24.3 Å². The Morgan fingerprint density at radius 1 is 0.686 bits per heavy atom. The van der Waals surface area contributed by atoms with E-state index in [4.69, 9.17) is 23.7 Å². The highest BCUT2D eigenvalue weighted by molar-refractivity contribution is 6.05. The first-order valence-electron chi connectivity index (χ1n) is 10.8. The standard InChI is InChI=1S/C28H29NO6/c1-31-24-12-11-21(18-25(24)32-2)23(30)13-14-29-22-8-6-7-19(15-22)9-10-20-16-26(33-3)28(35-5)27(17-20)34-4/h6-18,29H,1-5H3. The molecule has 0 unspecified atom stereocenters. The fourth-order valence-corrected chi connectivity index (χ4v) is 3.42. The molecule has 35 heavy (non-hydrogen) atoms. The van der Waals surface area contributed by atoms with E-state index in [0.29, 0.717) is 34.3 Å². The van der Waals surface area contributed by atoms with E-state index in [1.807, 2.05) is 48.6 Å². The lowest BCUT2D eigenvalue weighted by Crippen LogP contribution is -1.98. The van der Waals surface area contributed by atoms with Gasteiger partial charge in [0.1, 0.15) is 0 Å². The lowest BCUT2D eigenvalue weighted by molar-refractivity contribution is 0.104. The van der Waals surface area contributed by atoms with Crippen molar-refractivity contribution in [1.82, 2.24) is 0 Å². The van der Waals surface area contributed by atoms with Crippen LogP contribution in [0.15, 0.2) is 66.9 Å². The van der Waals surface area contributed by atoms with Crippen molar-refractivity contribution in [3.63, 3.8) is 0 Å². The van der Waals surface area contributed by atoms with Gasteiger partial charge in [0.25, 0.3) is 0 Å². The predicted octanol–water partition coefficient (Wildman–Crippen LogP) is 5.71. The van der Waals surface area contributed by atoms with Gasteiger partial charge in [-0.05, 0) is 53.6 Å². The molecule has 7 nitrogen and oxygen atoms in total. The molecule has 0 aliphatic carbocycles. The van der Waals surface area contributed by atoms with Crippen LogP contribution in [-0.4, -0.2) is 41.3 Å². The minimum Gasteiger partial charge on any atom is -0.493 e. The number of ketones is 1. The molecule has 0 amide bonds. The average Bonchev–Trinajstić information content (AvgIpc) is 2.90. The summed E-state index contributed by atoms with van der Waals surface area (Å²) in [5.41, 5.74) is 3.22. The quantitative estimate of drug-likeness (QED) is 0.216. The zero-order valence-electron chi connectivity index (χ0n) is 20.5. The zero-order valence-corrected chi connectivity index (χ0v) is 20.5. The molecule has 3 aromatic rings. The van der Waals surface area contributed by atoms with Crippen molar-refractivity contribution in [3.8, 4) is 28.7 Å². The number of hydrogen-bond acceptors (Lipinski definition) is 7. The van der Waals surface area contributed by atoms with Gasteiger partial charge in [-0.25, -0.2) is 0 Å². The molecule has 1 N–H and O–H groups in total. The van der Waals surface area contributed by atoms with E-state index in [1.54, 1.807) is 52.8 Å². The molecule has 0 aromatic heterocycles. The third kappa shape index (κ3) is 6.35. The van der Waals surface area contributed by atoms with Gasteiger partial charge >= 0.3 is 0 Å². The van der Waals surface area contributed by atoms with Crippen LogP contribution in [0, 0.1) is 0 Å². The number of carbonyl (C=O) groups is 1. The SMILES string of the molecule is COc1ccc(C(=O)C=CNc2cccc(C=Cc3cc(OC)c(OC)c(OC)c3)c2)cc1OC. The summed E-state index contributed by atoms with van der Waals surface area (Å²) in [5.74, 6) is 2.65. The monoisotopic (exact) mass is 475 g/mol. The van der Waals surface area contributed by atoms with E-state index < -0.39 is 0 Å². The van der Waals surface area contributed by atoms with Crippen molar-refractivity contribution in [2.75, 3.05) is 40.9 Å². The van der Waals surface area contributed by atoms with Gasteiger partial charge in [-0.2, -0.15) is 0 Å². The molecule has 0 spiro atoms. The normalized spacial score (nSPS) is 10.9. The molecule has 0 aliphatic rings. The highest BCUT2D eigenvalue weighted by atomic mass is 16.5. The molecule has 0 saturated carbocycles. The van der Waals surface area contributed by atoms with Crippen LogP contribution in [0.25, 0.3) is 12.2 Å². The van der Waals surface area contributed by atoms with Crippen molar-refractivity contribution in [3.05, 3.63) is 83.6 Å². The molecule has 7 heteroatoms. The number of carbonyl (C=O) groups excluding carboxylic acids is 1. The van der Waals surface area contributed by atoms with Crippen LogP contribution in [0.2, 0.25) is 0 Å². The number of allylic oxidation sites excluding steroid dienone is 1. The minimum atomic E-state index is -0.156. The number of benzene rings is 3. The minimum absolute atomic E-state index is 0.156. The Kier molecular flexibility index (Phi) is 8.78. The Hall–Kier alpha value is -4.39. The van der Waals surface area contributed by atoms with Crippen LogP contribution in [0.5, 0.6) is 28.7 Å². The van der Waals surface area contributed by atoms with E-state index in [1.165, 1.54) is 13.2 Å². The maximum Gasteiger partial charge on any atom is 0.203 e. The van der Waals surface area contributed by atoms with Gasteiger partial charge in [-0.3, -0.25) is 4.79 Å². The maximum atomic E-state index is 12.5. The molecule has 0 radical (unpaired) electrons. The molecule has 0 fully saturated rings. The van der Waals surface area contributed by atoms with Crippen LogP contribution < -0.4 is 29.0 Å². The lowest BCUT2D eigenvalue weighted by atomic mass is 10.1. The predicted molar refractivity (Wildman–Crippen MR) is 138 cm³/mol. The fraction of sp³-hybridized carbons (Fsp3) is 0.179. The first kappa shape index (κ1) is 25.2. The number of nitrogens with one attached hydrogen (secondary N) is 1. The zero-order chi connectivity index (χ0) is 25.2. The molecule has 0 atom stereocenters. The number of ether oxygens (including phenoxy) is 5. The van der Waals surface area contributed by atoms with Crippen LogP contribution in [-0.2, 0) is 0 Å². The number of methoxy groups -OCH3 is 5. The second kappa shape index (κ2) is 12.2. The average molecular weight is 476 g/mol. The lowest BCUT2D eigenvalue weighted by Gasteiger charge is -2.12. The highest BCUT2D eigenvalue weighted by Gasteiger charge is 2.12. The molecule has 0 saturated heterocycles. The highest BCUT2D eigenvalue weighted by Crippen LogP contribution is 2.38. The topological polar surface area (TPSA) is 75.3 Å². The van der Waals surface area contributed by atoms with E-state index in [9.17, 15) is 4.79 Å². The van der Waals surface area contributed by atoms with Crippen LogP contribution in [0.4, 0.5) is 5.69 Å². The summed E-state index contributed by atoms with van der Waals surface area (Å²) in [7, 11) is 7.83.